The number of hydrogen-bond donors (Lipinski definition) is 2. The number of anilines is 1. The van der Waals surface area contributed by atoms with Crippen molar-refractivity contribution in [3.63, 3.8) is 0 Å². The van der Waals surface area contributed by atoms with Crippen LogP contribution in [-0.2, 0) is 13.0 Å². The summed E-state index contributed by atoms with van der Waals surface area (Å²) >= 11 is 0. The molecular formula is C27H30F3N5O. The van der Waals surface area contributed by atoms with E-state index >= 15 is 0 Å². The number of carbonyl (C=O) groups excluding carboxylic acids is 1. The summed E-state index contributed by atoms with van der Waals surface area (Å²) in [5.41, 5.74) is 2.87. The Morgan fingerprint density at radius 2 is 1.78 bits per heavy atom. The summed E-state index contributed by atoms with van der Waals surface area (Å²) in [4.78, 5) is 15.6. The zero-order chi connectivity index (χ0) is 25.5. The first-order valence-corrected chi connectivity index (χ1v) is 12.2. The molecule has 2 unspecified atom stereocenters. The van der Waals surface area contributed by atoms with Gasteiger partial charge in [0, 0.05) is 31.6 Å². The molecule has 3 heterocycles. The van der Waals surface area contributed by atoms with Crippen LogP contribution in [0, 0.1) is 0 Å². The van der Waals surface area contributed by atoms with Crippen molar-refractivity contribution in [2.24, 2.45) is 0 Å². The molecule has 2 aliphatic rings. The van der Waals surface area contributed by atoms with Gasteiger partial charge >= 0.3 is 6.18 Å². The lowest BCUT2D eigenvalue weighted by atomic mass is 9.96. The Morgan fingerprint density at radius 1 is 1.08 bits per heavy atom. The smallest absolute Gasteiger partial charge is 0.363 e. The van der Waals surface area contributed by atoms with Gasteiger partial charge < -0.3 is 10.6 Å². The van der Waals surface area contributed by atoms with Crippen LogP contribution in [0.3, 0.4) is 0 Å². The average molecular weight is 498 g/mol. The zero-order valence-corrected chi connectivity index (χ0v) is 20.3. The molecule has 2 N–H and O–H groups in total. The van der Waals surface area contributed by atoms with Crippen molar-refractivity contribution < 1.29 is 18.0 Å². The van der Waals surface area contributed by atoms with Gasteiger partial charge in [0.05, 0.1) is 12.2 Å². The Kier molecular flexibility index (Phi) is 6.28. The molecule has 0 saturated heterocycles. The first kappa shape index (κ1) is 24.4. The summed E-state index contributed by atoms with van der Waals surface area (Å²) < 4.78 is 42.8. The van der Waals surface area contributed by atoms with Crippen molar-refractivity contribution in [3.8, 4) is 0 Å². The van der Waals surface area contributed by atoms with Crippen LogP contribution in [0.15, 0.2) is 60.8 Å². The van der Waals surface area contributed by atoms with E-state index in [2.05, 4.69) is 32.8 Å². The first-order valence-electron chi connectivity index (χ1n) is 12.2. The number of amides is 1. The fraction of sp³-hybridized carbons (Fsp3) is 0.407. The highest BCUT2D eigenvalue weighted by Crippen LogP contribution is 2.44. The predicted molar refractivity (Wildman–Crippen MR) is 132 cm³/mol. The Hall–Kier alpha value is -3.33. The molecule has 2 aliphatic heterocycles. The normalized spacial score (nSPS) is 20.2. The van der Waals surface area contributed by atoms with Crippen LogP contribution in [0.5, 0.6) is 0 Å². The molecule has 36 heavy (non-hydrogen) atoms. The van der Waals surface area contributed by atoms with Crippen molar-refractivity contribution in [2.75, 3.05) is 18.4 Å². The molecular weight excluding hydrogens is 467 g/mol. The highest BCUT2D eigenvalue weighted by Gasteiger charge is 2.47. The van der Waals surface area contributed by atoms with Crippen molar-refractivity contribution in [1.82, 2.24) is 20.0 Å². The monoisotopic (exact) mass is 497 g/mol. The van der Waals surface area contributed by atoms with Gasteiger partial charge in [0.2, 0.25) is 0 Å². The standard InChI is InChI=1S/C27H30F3N5O/c1-26(2,17-34-13-12-18-8-6-7-11-20(18)16-34)33-25(36)21-15-31-35-23(27(28,29)30)14-22(32-24(21)35)19-9-4-3-5-10-19/h3-11,15,22-23,32H,12-14,16-17H2,1-2H3,(H,33,36). The van der Waals surface area contributed by atoms with Crippen molar-refractivity contribution in [1.29, 1.82) is 0 Å². The summed E-state index contributed by atoms with van der Waals surface area (Å²) in [6, 6.07) is 14.9. The maximum atomic E-state index is 14.0. The van der Waals surface area contributed by atoms with E-state index in [1.807, 2.05) is 32.0 Å². The van der Waals surface area contributed by atoms with Gasteiger partial charge in [0.25, 0.3) is 5.91 Å². The maximum absolute atomic E-state index is 14.0. The van der Waals surface area contributed by atoms with Gasteiger partial charge in [-0.25, -0.2) is 4.68 Å². The molecule has 0 bridgehead atoms. The molecule has 0 saturated carbocycles. The second kappa shape index (κ2) is 9.28. The van der Waals surface area contributed by atoms with Gasteiger partial charge in [-0.05, 0) is 37.0 Å². The molecule has 1 amide bonds. The van der Waals surface area contributed by atoms with Crippen LogP contribution < -0.4 is 10.6 Å². The molecule has 3 aromatic rings. The quantitative estimate of drug-likeness (QED) is 0.514. The predicted octanol–water partition coefficient (Wildman–Crippen LogP) is 5.11. The molecule has 0 radical (unpaired) electrons. The minimum Gasteiger partial charge on any atom is -0.363 e. The van der Waals surface area contributed by atoms with E-state index in [4.69, 9.17) is 0 Å². The third-order valence-electron chi connectivity index (χ3n) is 6.97. The first-order chi connectivity index (χ1) is 17.1. The van der Waals surface area contributed by atoms with E-state index in [0.717, 1.165) is 29.8 Å². The number of carbonyl (C=O) groups is 1. The SMILES string of the molecule is CC(C)(CN1CCc2ccccc2C1)NC(=O)c1cnn2c1NC(c1ccccc1)CC2C(F)(F)F. The number of nitrogens with zero attached hydrogens (tertiary/aromatic N) is 3. The van der Waals surface area contributed by atoms with E-state index in [0.29, 0.717) is 6.54 Å². The lowest BCUT2D eigenvalue weighted by molar-refractivity contribution is -0.173. The molecule has 0 fully saturated rings. The number of nitrogens with one attached hydrogen (secondary N) is 2. The van der Waals surface area contributed by atoms with Crippen LogP contribution in [0.25, 0.3) is 0 Å². The second-order valence-corrected chi connectivity index (χ2v) is 10.3. The summed E-state index contributed by atoms with van der Waals surface area (Å²) in [6.07, 6.45) is -2.52. The van der Waals surface area contributed by atoms with Crippen LogP contribution in [0.1, 0.15) is 59.4 Å². The zero-order valence-electron chi connectivity index (χ0n) is 20.3. The minimum atomic E-state index is -4.49. The Labute approximate surface area is 208 Å². The van der Waals surface area contributed by atoms with Crippen LogP contribution in [0.4, 0.5) is 19.0 Å². The van der Waals surface area contributed by atoms with Crippen molar-refractivity contribution in [3.05, 3.63) is 83.0 Å². The molecule has 9 heteroatoms. The number of halogens is 3. The van der Waals surface area contributed by atoms with E-state index in [1.54, 1.807) is 24.3 Å². The van der Waals surface area contributed by atoms with E-state index in [1.165, 1.54) is 17.3 Å². The van der Waals surface area contributed by atoms with Crippen LogP contribution in [-0.4, -0.2) is 45.4 Å². The van der Waals surface area contributed by atoms with Crippen molar-refractivity contribution >= 4 is 11.7 Å². The van der Waals surface area contributed by atoms with E-state index in [9.17, 15) is 18.0 Å². The minimum absolute atomic E-state index is 0.0950. The lowest BCUT2D eigenvalue weighted by Gasteiger charge is -2.36. The van der Waals surface area contributed by atoms with Gasteiger partial charge in [-0.3, -0.25) is 9.69 Å². The number of rotatable bonds is 5. The molecule has 0 aliphatic carbocycles. The maximum Gasteiger partial charge on any atom is 0.410 e. The third-order valence-corrected chi connectivity index (χ3v) is 6.97. The third kappa shape index (κ3) is 4.97. The van der Waals surface area contributed by atoms with Gasteiger partial charge in [-0.1, -0.05) is 54.6 Å². The molecule has 190 valence electrons. The Bertz CT molecular complexity index is 1240. The lowest BCUT2D eigenvalue weighted by Crippen LogP contribution is -2.52. The molecule has 1 aromatic heterocycles. The summed E-state index contributed by atoms with van der Waals surface area (Å²) in [7, 11) is 0. The van der Waals surface area contributed by atoms with Gasteiger partial charge in [-0.2, -0.15) is 18.3 Å². The summed E-state index contributed by atoms with van der Waals surface area (Å²) in [5, 5.41) is 10.2. The number of benzene rings is 2. The Balaban J connectivity index is 1.34. The van der Waals surface area contributed by atoms with Gasteiger partial charge in [0.1, 0.15) is 11.4 Å². The topological polar surface area (TPSA) is 62.2 Å². The second-order valence-electron chi connectivity index (χ2n) is 10.3. The fourth-order valence-electron chi connectivity index (χ4n) is 5.30. The molecule has 2 aromatic carbocycles. The number of aromatic nitrogens is 2. The number of hydrogen-bond acceptors (Lipinski definition) is 4. The fourth-order valence-corrected chi connectivity index (χ4v) is 5.30. The summed E-state index contributed by atoms with van der Waals surface area (Å²) in [6.45, 7) is 6.15. The highest BCUT2D eigenvalue weighted by atomic mass is 19.4. The van der Waals surface area contributed by atoms with Gasteiger partial charge in [-0.15, -0.1) is 0 Å². The van der Waals surface area contributed by atoms with Crippen molar-refractivity contribution in [2.45, 2.75) is 57.0 Å². The highest BCUT2D eigenvalue weighted by molar-refractivity contribution is 5.99. The molecule has 2 atom stereocenters. The van der Waals surface area contributed by atoms with Crippen LogP contribution in [0.2, 0.25) is 0 Å². The van der Waals surface area contributed by atoms with Crippen LogP contribution >= 0.6 is 0 Å². The largest absolute Gasteiger partial charge is 0.410 e. The van der Waals surface area contributed by atoms with E-state index in [-0.39, 0.29) is 17.8 Å². The average Bonchev–Trinajstić information content (AvgIpc) is 3.27. The van der Waals surface area contributed by atoms with E-state index < -0.39 is 29.7 Å². The summed E-state index contributed by atoms with van der Waals surface area (Å²) in [5.74, 6) is -0.349. The number of alkyl halides is 3. The number of fused-ring (bicyclic) bond motifs is 2. The van der Waals surface area contributed by atoms with Gasteiger partial charge in [0.15, 0.2) is 6.04 Å². The molecule has 6 nitrogen and oxygen atoms in total. The molecule has 0 spiro atoms. The molecule has 5 rings (SSSR count). The Morgan fingerprint density at radius 3 is 2.50 bits per heavy atom.